The van der Waals surface area contributed by atoms with Gasteiger partial charge in [-0.05, 0) is 55.8 Å². The molecule has 1 N–H and O–H groups in total. The average molecular weight is 432 g/mol. The number of ether oxygens (including phenoxy) is 1. The Hall–Kier alpha value is -2.35. The second kappa shape index (κ2) is 8.18. The quantitative estimate of drug-likeness (QED) is 0.636. The van der Waals surface area contributed by atoms with E-state index in [1.54, 1.807) is 28.6 Å². The van der Waals surface area contributed by atoms with Crippen LogP contribution in [0.4, 0.5) is 0 Å². The van der Waals surface area contributed by atoms with Gasteiger partial charge < -0.3 is 4.74 Å². The van der Waals surface area contributed by atoms with E-state index in [1.165, 1.54) is 0 Å². The summed E-state index contributed by atoms with van der Waals surface area (Å²) in [5.74, 6) is 0.789. The van der Waals surface area contributed by atoms with Crippen LogP contribution in [0.5, 0.6) is 5.75 Å². The first-order valence-corrected chi connectivity index (χ1v) is 11.2. The topological polar surface area (TPSA) is 75.3 Å². The van der Waals surface area contributed by atoms with Crippen molar-refractivity contribution in [3.05, 3.63) is 76.6 Å². The molecule has 0 unspecified atom stereocenters. The summed E-state index contributed by atoms with van der Waals surface area (Å²) in [7, 11) is -3.48. The van der Waals surface area contributed by atoms with E-state index in [2.05, 4.69) is 10.2 Å². The van der Waals surface area contributed by atoms with Crippen molar-refractivity contribution in [2.75, 3.05) is 13.1 Å². The second-order valence-electron chi connectivity index (χ2n) is 7.22. The van der Waals surface area contributed by atoms with E-state index in [0.717, 1.165) is 29.1 Å². The number of aryl methyl sites for hydroxylation is 1. The first kappa shape index (κ1) is 19.9. The van der Waals surface area contributed by atoms with Gasteiger partial charge in [0.2, 0.25) is 10.0 Å². The van der Waals surface area contributed by atoms with Gasteiger partial charge in [-0.15, -0.1) is 0 Å². The third-order valence-electron chi connectivity index (χ3n) is 5.09. The van der Waals surface area contributed by atoms with Gasteiger partial charge >= 0.3 is 0 Å². The van der Waals surface area contributed by atoms with Gasteiger partial charge in [0.05, 0.1) is 16.3 Å². The molecule has 8 heteroatoms. The Bertz CT molecular complexity index is 1080. The number of hydrogen-bond donors (Lipinski definition) is 1. The van der Waals surface area contributed by atoms with Crippen molar-refractivity contribution in [2.24, 2.45) is 0 Å². The van der Waals surface area contributed by atoms with Gasteiger partial charge in [0.25, 0.3) is 0 Å². The van der Waals surface area contributed by atoms with Crippen LogP contribution in [0.2, 0.25) is 5.02 Å². The molecule has 4 rings (SSSR count). The van der Waals surface area contributed by atoms with Crippen LogP contribution in [0.1, 0.15) is 29.3 Å². The summed E-state index contributed by atoms with van der Waals surface area (Å²) in [6, 6.07) is 16.1. The standard InChI is InChI=1S/C21H22ClN3O3S/c1-15-2-8-20(9-3-15)29(26,27)25-11-10-16(13-25)21-12-18(23-24-21)14-28-19-6-4-17(22)5-7-19/h2-9,12,16H,10-11,13-14H2,1H3,(H,23,24)/t16-/m0/s1. The summed E-state index contributed by atoms with van der Waals surface area (Å²) in [5, 5.41) is 8.02. The largest absolute Gasteiger partial charge is 0.487 e. The molecule has 1 aliphatic heterocycles. The lowest BCUT2D eigenvalue weighted by molar-refractivity contribution is 0.301. The molecule has 0 bridgehead atoms. The molecule has 1 saturated heterocycles. The molecule has 0 saturated carbocycles. The van der Waals surface area contributed by atoms with Crippen molar-refractivity contribution >= 4 is 21.6 Å². The first-order valence-electron chi connectivity index (χ1n) is 9.41. The van der Waals surface area contributed by atoms with Gasteiger partial charge in [0.1, 0.15) is 12.4 Å². The summed E-state index contributed by atoms with van der Waals surface area (Å²) in [5.41, 5.74) is 2.74. The molecule has 1 aliphatic rings. The number of hydrogen-bond acceptors (Lipinski definition) is 4. The van der Waals surface area contributed by atoms with Crippen LogP contribution in [0.15, 0.2) is 59.5 Å². The van der Waals surface area contributed by atoms with Crippen LogP contribution in [-0.4, -0.2) is 36.0 Å². The molecule has 0 spiro atoms. The highest BCUT2D eigenvalue weighted by Crippen LogP contribution is 2.30. The highest BCUT2D eigenvalue weighted by atomic mass is 35.5. The third-order valence-corrected chi connectivity index (χ3v) is 7.22. The minimum atomic E-state index is -3.48. The normalized spacial score (nSPS) is 17.5. The van der Waals surface area contributed by atoms with Crippen LogP contribution in [0.3, 0.4) is 0 Å². The van der Waals surface area contributed by atoms with Gasteiger partial charge in [-0.25, -0.2) is 8.42 Å². The summed E-state index contributed by atoms with van der Waals surface area (Å²) >= 11 is 5.88. The van der Waals surface area contributed by atoms with Crippen LogP contribution in [-0.2, 0) is 16.6 Å². The second-order valence-corrected chi connectivity index (χ2v) is 9.60. The van der Waals surface area contributed by atoms with E-state index in [1.807, 2.05) is 37.3 Å². The minimum Gasteiger partial charge on any atom is -0.487 e. The molecule has 3 aromatic rings. The zero-order valence-corrected chi connectivity index (χ0v) is 17.6. The fraction of sp³-hybridized carbons (Fsp3) is 0.286. The Labute approximate surface area is 175 Å². The van der Waals surface area contributed by atoms with Crippen LogP contribution in [0, 0.1) is 6.92 Å². The maximum absolute atomic E-state index is 12.9. The van der Waals surface area contributed by atoms with Crippen molar-refractivity contribution < 1.29 is 13.2 Å². The molecule has 2 heterocycles. The Morgan fingerprint density at radius 1 is 1.17 bits per heavy atom. The predicted octanol–water partition coefficient (Wildman–Crippen LogP) is 4.13. The molecule has 2 aromatic carbocycles. The highest BCUT2D eigenvalue weighted by Gasteiger charge is 2.34. The molecule has 6 nitrogen and oxygen atoms in total. The Kier molecular flexibility index (Phi) is 5.63. The number of H-pyrrole nitrogens is 1. The predicted molar refractivity (Wildman–Crippen MR) is 112 cm³/mol. The number of rotatable bonds is 6. The molecule has 1 atom stereocenters. The van der Waals surface area contributed by atoms with Gasteiger partial charge in [0, 0.05) is 24.0 Å². The number of nitrogens with zero attached hydrogens (tertiary/aromatic N) is 2. The Morgan fingerprint density at radius 2 is 1.90 bits per heavy atom. The van der Waals surface area contributed by atoms with Gasteiger partial charge in [-0.2, -0.15) is 9.40 Å². The van der Waals surface area contributed by atoms with Crippen molar-refractivity contribution in [3.63, 3.8) is 0 Å². The summed E-state index contributed by atoms with van der Waals surface area (Å²) < 4.78 is 33.0. The fourth-order valence-corrected chi connectivity index (χ4v) is 5.03. The van der Waals surface area contributed by atoms with E-state index >= 15 is 0 Å². The molecular formula is C21H22ClN3O3S. The van der Waals surface area contributed by atoms with E-state index in [4.69, 9.17) is 16.3 Å². The van der Waals surface area contributed by atoms with Crippen LogP contribution in [0.25, 0.3) is 0 Å². The zero-order valence-electron chi connectivity index (χ0n) is 16.0. The fourth-order valence-electron chi connectivity index (χ4n) is 3.40. The van der Waals surface area contributed by atoms with E-state index in [0.29, 0.717) is 29.6 Å². The van der Waals surface area contributed by atoms with E-state index in [-0.39, 0.29) is 5.92 Å². The van der Waals surface area contributed by atoms with Crippen molar-refractivity contribution in [1.29, 1.82) is 0 Å². The monoisotopic (exact) mass is 431 g/mol. The number of halogens is 1. The molecule has 0 radical (unpaired) electrons. The smallest absolute Gasteiger partial charge is 0.243 e. The number of sulfonamides is 1. The number of benzene rings is 2. The molecule has 1 fully saturated rings. The molecule has 1 aromatic heterocycles. The maximum atomic E-state index is 12.9. The Morgan fingerprint density at radius 3 is 2.62 bits per heavy atom. The lowest BCUT2D eigenvalue weighted by Crippen LogP contribution is -2.28. The lowest BCUT2D eigenvalue weighted by atomic mass is 10.1. The molecule has 0 aliphatic carbocycles. The van der Waals surface area contributed by atoms with Gasteiger partial charge in [0.15, 0.2) is 0 Å². The maximum Gasteiger partial charge on any atom is 0.243 e. The van der Waals surface area contributed by atoms with Gasteiger partial charge in [-0.3, -0.25) is 5.10 Å². The summed E-state index contributed by atoms with van der Waals surface area (Å²) in [4.78, 5) is 0.336. The average Bonchev–Trinajstić information content (AvgIpc) is 3.38. The van der Waals surface area contributed by atoms with Gasteiger partial charge in [-0.1, -0.05) is 29.3 Å². The lowest BCUT2D eigenvalue weighted by Gasteiger charge is -2.16. The first-order chi connectivity index (χ1) is 13.9. The summed E-state index contributed by atoms with van der Waals surface area (Å²) in [6.45, 7) is 3.21. The minimum absolute atomic E-state index is 0.0655. The number of aromatic nitrogens is 2. The van der Waals surface area contributed by atoms with E-state index < -0.39 is 10.0 Å². The third kappa shape index (κ3) is 4.47. The highest BCUT2D eigenvalue weighted by molar-refractivity contribution is 7.89. The van der Waals surface area contributed by atoms with Crippen molar-refractivity contribution in [2.45, 2.75) is 30.8 Å². The van der Waals surface area contributed by atoms with Crippen LogP contribution >= 0.6 is 11.6 Å². The molecular weight excluding hydrogens is 410 g/mol. The van der Waals surface area contributed by atoms with Crippen molar-refractivity contribution in [1.82, 2.24) is 14.5 Å². The van der Waals surface area contributed by atoms with Crippen LogP contribution < -0.4 is 4.74 Å². The molecule has 29 heavy (non-hydrogen) atoms. The SMILES string of the molecule is Cc1ccc(S(=O)(=O)N2CC[C@H](c3cc(COc4ccc(Cl)cc4)[nH]n3)C2)cc1. The number of nitrogens with one attached hydrogen (secondary N) is 1. The van der Waals surface area contributed by atoms with Crippen molar-refractivity contribution in [3.8, 4) is 5.75 Å². The van der Waals surface area contributed by atoms with E-state index in [9.17, 15) is 8.42 Å². The molecule has 152 valence electrons. The zero-order chi connectivity index (χ0) is 20.4. The number of aromatic amines is 1. The summed E-state index contributed by atoms with van der Waals surface area (Å²) in [6.07, 6.45) is 0.743. The Balaban J connectivity index is 1.39. The molecule has 0 amide bonds.